The largest absolute Gasteiger partial charge is 0.457 e. The molecule has 2 amide bonds. The monoisotopic (exact) mass is 456 g/mol. The van der Waals surface area contributed by atoms with E-state index in [1.807, 2.05) is 24.3 Å². The summed E-state index contributed by atoms with van der Waals surface area (Å²) in [7, 11) is 0. The lowest BCUT2D eigenvalue weighted by Crippen LogP contribution is -2.29. The van der Waals surface area contributed by atoms with Crippen LogP contribution in [-0.4, -0.2) is 11.8 Å². The van der Waals surface area contributed by atoms with Crippen LogP contribution in [-0.2, 0) is 0 Å². The Morgan fingerprint density at radius 2 is 1.35 bits per heavy atom. The zero-order valence-electron chi connectivity index (χ0n) is 13.5. The number of nitrogen functional groups attached to an aromatic ring is 1. The van der Waals surface area contributed by atoms with Crippen LogP contribution in [0.1, 0.15) is 20.7 Å². The molecule has 5 nitrogen and oxygen atoms in total. The predicted molar refractivity (Wildman–Crippen MR) is 108 cm³/mol. The van der Waals surface area contributed by atoms with Gasteiger partial charge < -0.3 is 10.5 Å². The molecule has 1 heterocycles. The van der Waals surface area contributed by atoms with Crippen LogP contribution in [0.25, 0.3) is 0 Å². The quantitative estimate of drug-likeness (QED) is 0.359. The van der Waals surface area contributed by atoms with Crippen LogP contribution < -0.4 is 15.4 Å². The van der Waals surface area contributed by atoms with Crippen LogP contribution in [0.5, 0.6) is 11.5 Å². The molecule has 3 aromatic rings. The van der Waals surface area contributed by atoms with Gasteiger partial charge in [0.15, 0.2) is 0 Å². The summed E-state index contributed by atoms with van der Waals surface area (Å²) < 4.78 is 6.90. The number of fused-ring (bicyclic) bond motifs is 1. The summed E-state index contributed by atoms with van der Waals surface area (Å²) in [5, 5.41) is 0. The number of ether oxygens (including phenoxy) is 1. The first-order valence-electron chi connectivity index (χ1n) is 7.85. The number of imide groups is 1. The molecule has 0 spiro atoms. The predicted octanol–water partition coefficient (Wildman–Crippen LogP) is 4.47. The van der Waals surface area contributed by atoms with E-state index in [0.717, 1.165) is 14.2 Å². The van der Waals surface area contributed by atoms with Crippen molar-refractivity contribution in [1.82, 2.24) is 0 Å². The van der Waals surface area contributed by atoms with Gasteiger partial charge in [-0.3, -0.25) is 9.59 Å². The zero-order valence-corrected chi connectivity index (χ0v) is 15.6. The third-order valence-electron chi connectivity index (χ3n) is 4.05. The van der Waals surface area contributed by atoms with E-state index in [1.165, 1.54) is 6.07 Å². The van der Waals surface area contributed by atoms with Gasteiger partial charge in [-0.25, -0.2) is 4.90 Å². The summed E-state index contributed by atoms with van der Waals surface area (Å²) in [6.45, 7) is 0. The first kappa shape index (κ1) is 16.6. The van der Waals surface area contributed by atoms with Crippen molar-refractivity contribution in [2.75, 3.05) is 10.6 Å². The molecule has 4 rings (SSSR count). The maximum Gasteiger partial charge on any atom is 0.266 e. The Bertz CT molecular complexity index is 1010. The Kier molecular flexibility index (Phi) is 4.12. The van der Waals surface area contributed by atoms with E-state index in [0.29, 0.717) is 28.3 Å². The minimum Gasteiger partial charge on any atom is -0.457 e. The highest BCUT2D eigenvalue weighted by Crippen LogP contribution is 2.31. The first-order chi connectivity index (χ1) is 12.5. The van der Waals surface area contributed by atoms with E-state index >= 15 is 0 Å². The molecular formula is C20H13IN2O3. The van der Waals surface area contributed by atoms with Crippen molar-refractivity contribution >= 4 is 45.8 Å². The fourth-order valence-corrected chi connectivity index (χ4v) is 3.15. The lowest BCUT2D eigenvalue weighted by Gasteiger charge is -2.14. The van der Waals surface area contributed by atoms with E-state index in [-0.39, 0.29) is 11.8 Å². The number of rotatable bonds is 3. The van der Waals surface area contributed by atoms with E-state index in [4.69, 9.17) is 10.5 Å². The second kappa shape index (κ2) is 6.45. The molecule has 0 radical (unpaired) electrons. The van der Waals surface area contributed by atoms with Crippen molar-refractivity contribution in [3.8, 4) is 11.5 Å². The molecule has 1 aliphatic rings. The highest BCUT2D eigenvalue weighted by atomic mass is 127. The lowest BCUT2D eigenvalue weighted by molar-refractivity contribution is 0.0926. The van der Waals surface area contributed by atoms with E-state index in [9.17, 15) is 9.59 Å². The molecule has 1 aliphatic heterocycles. The Labute approximate surface area is 163 Å². The minimum atomic E-state index is -0.372. The van der Waals surface area contributed by atoms with Gasteiger partial charge in [0, 0.05) is 9.26 Å². The SMILES string of the molecule is Nc1ccc2c(c1)C(=O)N(c1ccc(Oc3ccc(I)cc3)cc1)C2=O. The lowest BCUT2D eigenvalue weighted by atomic mass is 10.1. The fraction of sp³-hybridized carbons (Fsp3) is 0. The van der Waals surface area contributed by atoms with Gasteiger partial charge in [0.05, 0.1) is 16.8 Å². The van der Waals surface area contributed by atoms with Crippen LogP contribution in [0.3, 0.4) is 0 Å². The van der Waals surface area contributed by atoms with Gasteiger partial charge in [-0.1, -0.05) is 0 Å². The number of hydrogen-bond acceptors (Lipinski definition) is 4. The average Bonchev–Trinajstić information content (AvgIpc) is 2.88. The van der Waals surface area contributed by atoms with Gasteiger partial charge in [0.25, 0.3) is 11.8 Å². The summed E-state index contributed by atoms with van der Waals surface area (Å²) in [4.78, 5) is 26.3. The molecule has 0 aromatic heterocycles. The molecule has 0 fully saturated rings. The molecular weight excluding hydrogens is 443 g/mol. The third kappa shape index (κ3) is 2.92. The standard InChI is InChI=1S/C20H13IN2O3/c21-12-1-6-15(7-2-12)26-16-8-4-14(5-9-16)23-19(24)17-10-3-13(22)11-18(17)20(23)25/h1-11H,22H2. The number of anilines is 2. The number of halogens is 1. The summed E-state index contributed by atoms with van der Waals surface area (Å²) >= 11 is 2.23. The molecule has 3 aromatic carbocycles. The Morgan fingerprint density at radius 1 is 0.769 bits per heavy atom. The van der Waals surface area contributed by atoms with Crippen molar-refractivity contribution in [3.63, 3.8) is 0 Å². The number of benzene rings is 3. The molecule has 2 N–H and O–H groups in total. The number of nitrogens with zero attached hydrogens (tertiary/aromatic N) is 1. The van der Waals surface area contributed by atoms with Crippen LogP contribution in [0, 0.1) is 3.57 Å². The number of amides is 2. The fourth-order valence-electron chi connectivity index (χ4n) is 2.79. The highest BCUT2D eigenvalue weighted by Gasteiger charge is 2.36. The van der Waals surface area contributed by atoms with Crippen LogP contribution in [0.15, 0.2) is 66.7 Å². The molecule has 128 valence electrons. The summed E-state index contributed by atoms with van der Waals surface area (Å²) in [5.41, 5.74) is 7.36. The van der Waals surface area contributed by atoms with Gasteiger partial charge in [-0.2, -0.15) is 0 Å². The third-order valence-corrected chi connectivity index (χ3v) is 4.77. The van der Waals surface area contributed by atoms with Gasteiger partial charge in [-0.05, 0) is 89.3 Å². The van der Waals surface area contributed by atoms with E-state index in [2.05, 4.69) is 22.6 Å². The topological polar surface area (TPSA) is 72.6 Å². The maximum absolute atomic E-state index is 12.6. The second-order valence-corrected chi connectivity index (χ2v) is 7.05. The Hall–Kier alpha value is -2.87. The van der Waals surface area contributed by atoms with Crippen molar-refractivity contribution in [2.45, 2.75) is 0 Å². The van der Waals surface area contributed by atoms with Crippen molar-refractivity contribution < 1.29 is 14.3 Å². The van der Waals surface area contributed by atoms with Crippen molar-refractivity contribution in [3.05, 3.63) is 81.4 Å². The highest BCUT2D eigenvalue weighted by molar-refractivity contribution is 14.1. The summed E-state index contributed by atoms with van der Waals surface area (Å²) in [6, 6.07) is 19.2. The number of hydrogen-bond donors (Lipinski definition) is 1. The van der Waals surface area contributed by atoms with Crippen molar-refractivity contribution in [2.24, 2.45) is 0 Å². The Balaban J connectivity index is 1.58. The van der Waals surface area contributed by atoms with Crippen LogP contribution in [0.4, 0.5) is 11.4 Å². The van der Waals surface area contributed by atoms with Gasteiger partial charge in [0.1, 0.15) is 11.5 Å². The molecule has 0 saturated carbocycles. The minimum absolute atomic E-state index is 0.328. The van der Waals surface area contributed by atoms with Crippen LogP contribution in [0.2, 0.25) is 0 Å². The molecule has 6 heteroatoms. The molecule has 0 bridgehead atoms. The zero-order chi connectivity index (χ0) is 18.3. The smallest absolute Gasteiger partial charge is 0.266 e. The molecule has 0 unspecified atom stereocenters. The van der Waals surface area contributed by atoms with E-state index in [1.54, 1.807) is 36.4 Å². The van der Waals surface area contributed by atoms with Gasteiger partial charge in [0.2, 0.25) is 0 Å². The summed E-state index contributed by atoms with van der Waals surface area (Å²) in [6.07, 6.45) is 0. The Morgan fingerprint density at radius 3 is 2.00 bits per heavy atom. The molecule has 0 aliphatic carbocycles. The number of carbonyl (C=O) groups excluding carboxylic acids is 2. The van der Waals surface area contributed by atoms with Crippen LogP contribution >= 0.6 is 22.6 Å². The number of carbonyl (C=O) groups is 2. The second-order valence-electron chi connectivity index (χ2n) is 5.80. The average molecular weight is 456 g/mol. The first-order valence-corrected chi connectivity index (χ1v) is 8.92. The molecule has 0 saturated heterocycles. The maximum atomic E-state index is 12.6. The van der Waals surface area contributed by atoms with Crippen molar-refractivity contribution in [1.29, 1.82) is 0 Å². The molecule has 0 atom stereocenters. The summed E-state index contributed by atoms with van der Waals surface area (Å²) in [5.74, 6) is 0.616. The molecule has 26 heavy (non-hydrogen) atoms. The normalized spacial score (nSPS) is 13.0. The number of nitrogens with two attached hydrogens (primary N) is 1. The van der Waals surface area contributed by atoms with E-state index < -0.39 is 0 Å². The van der Waals surface area contributed by atoms with Gasteiger partial charge in [-0.15, -0.1) is 0 Å². The van der Waals surface area contributed by atoms with Gasteiger partial charge >= 0.3 is 0 Å².